The summed E-state index contributed by atoms with van der Waals surface area (Å²) in [5.41, 5.74) is 2.87. The van der Waals surface area contributed by atoms with Gasteiger partial charge in [-0.2, -0.15) is 0 Å². The molecule has 0 amide bonds. The molecule has 1 atom stereocenters. The Morgan fingerprint density at radius 3 is 3.03 bits per heavy atom. The maximum Gasteiger partial charge on any atom is 0.319 e. The fourth-order valence-corrected chi connectivity index (χ4v) is 3.73. The molecule has 0 saturated carbocycles. The van der Waals surface area contributed by atoms with Crippen molar-refractivity contribution >= 4 is 34.5 Å². The van der Waals surface area contributed by atoms with Crippen LogP contribution in [0, 0.1) is 12.3 Å². The van der Waals surface area contributed by atoms with E-state index in [-0.39, 0.29) is 12.0 Å². The average Bonchev–Trinajstić information content (AvgIpc) is 3.04. The molecule has 0 radical (unpaired) electrons. The third kappa shape index (κ3) is 5.28. The summed E-state index contributed by atoms with van der Waals surface area (Å²) >= 11 is 0. The zero-order chi connectivity index (χ0) is 22.3. The average molecular weight is 432 g/mol. The summed E-state index contributed by atoms with van der Waals surface area (Å²) in [6.45, 7) is 2.00. The van der Waals surface area contributed by atoms with Crippen molar-refractivity contribution in [2.24, 2.45) is 0 Å². The molecule has 4 rings (SSSR count). The molecule has 1 aliphatic rings. The number of benzene rings is 1. The minimum Gasteiger partial charge on any atom is -0.468 e. The van der Waals surface area contributed by atoms with Crippen molar-refractivity contribution in [2.45, 2.75) is 25.3 Å². The molecule has 0 spiro atoms. The Bertz CT molecular complexity index is 1140. The van der Waals surface area contributed by atoms with Gasteiger partial charge in [-0.15, -0.1) is 6.42 Å². The molecule has 0 bridgehead atoms. The van der Waals surface area contributed by atoms with Gasteiger partial charge in [-0.25, -0.2) is 19.9 Å². The molecule has 9 heteroatoms. The third-order valence-electron chi connectivity index (χ3n) is 5.40. The van der Waals surface area contributed by atoms with Crippen LogP contribution >= 0.6 is 0 Å². The lowest BCUT2D eigenvalue weighted by Crippen LogP contribution is -2.32. The number of carbonyl (C=O) groups excluding carboxylic acids is 1. The lowest BCUT2D eigenvalue weighted by molar-refractivity contribution is -0.141. The van der Waals surface area contributed by atoms with Gasteiger partial charge in [0.05, 0.1) is 19.9 Å². The van der Waals surface area contributed by atoms with E-state index in [1.54, 1.807) is 6.20 Å². The van der Waals surface area contributed by atoms with Gasteiger partial charge >= 0.3 is 5.97 Å². The van der Waals surface area contributed by atoms with Crippen LogP contribution in [0.1, 0.15) is 24.8 Å². The number of nitrogens with one attached hydrogen (secondary N) is 2. The van der Waals surface area contributed by atoms with Gasteiger partial charge in [0.2, 0.25) is 5.95 Å². The molecule has 9 nitrogen and oxygen atoms in total. The Kier molecular flexibility index (Phi) is 6.72. The topological polar surface area (TPSA) is 105 Å². The predicted octanol–water partition coefficient (Wildman–Crippen LogP) is 2.58. The van der Waals surface area contributed by atoms with Crippen molar-refractivity contribution in [1.29, 1.82) is 0 Å². The van der Waals surface area contributed by atoms with Crippen LogP contribution < -0.4 is 10.6 Å². The van der Waals surface area contributed by atoms with Crippen molar-refractivity contribution in [2.75, 3.05) is 37.4 Å². The second kappa shape index (κ2) is 10.0. The number of ether oxygens (including phenoxy) is 1. The summed E-state index contributed by atoms with van der Waals surface area (Å²) < 4.78 is 4.78. The number of terminal acetylenes is 1. The van der Waals surface area contributed by atoms with Gasteiger partial charge in [0.1, 0.15) is 17.4 Å². The number of hydrogen-bond donors (Lipinski definition) is 2. The monoisotopic (exact) mass is 431 g/mol. The quantitative estimate of drug-likeness (QED) is 0.450. The SMILES string of the molecule is C#Cc1cccc(Nc2ncnc3cnc(NC4CCCN(CC(=O)OC)CC4)nc23)c1. The second-order valence-electron chi connectivity index (χ2n) is 7.62. The van der Waals surface area contributed by atoms with E-state index >= 15 is 0 Å². The van der Waals surface area contributed by atoms with Gasteiger partial charge in [-0.3, -0.25) is 9.69 Å². The smallest absolute Gasteiger partial charge is 0.319 e. The summed E-state index contributed by atoms with van der Waals surface area (Å²) in [5.74, 6) is 3.53. The van der Waals surface area contributed by atoms with Crippen molar-refractivity contribution in [3.63, 3.8) is 0 Å². The van der Waals surface area contributed by atoms with Crippen molar-refractivity contribution in [1.82, 2.24) is 24.8 Å². The molecule has 32 heavy (non-hydrogen) atoms. The van der Waals surface area contributed by atoms with Gasteiger partial charge in [-0.1, -0.05) is 12.0 Å². The number of anilines is 3. The molecule has 3 heterocycles. The highest BCUT2D eigenvalue weighted by Gasteiger charge is 2.20. The first-order valence-electron chi connectivity index (χ1n) is 10.5. The highest BCUT2D eigenvalue weighted by molar-refractivity contribution is 5.87. The van der Waals surface area contributed by atoms with Crippen LogP contribution in [0.2, 0.25) is 0 Å². The maximum atomic E-state index is 11.6. The molecule has 2 aromatic heterocycles. The van der Waals surface area contributed by atoms with E-state index in [4.69, 9.17) is 11.2 Å². The number of carbonyl (C=O) groups is 1. The van der Waals surface area contributed by atoms with Gasteiger partial charge in [0.25, 0.3) is 0 Å². The molecule has 164 valence electrons. The Morgan fingerprint density at radius 2 is 2.19 bits per heavy atom. The normalized spacial score (nSPS) is 16.7. The lowest BCUT2D eigenvalue weighted by Gasteiger charge is -2.19. The Labute approximate surface area is 186 Å². The van der Waals surface area contributed by atoms with Crippen LogP contribution in [0.25, 0.3) is 11.0 Å². The number of fused-ring (bicyclic) bond motifs is 1. The minimum atomic E-state index is -0.206. The molecule has 0 aliphatic carbocycles. The van der Waals surface area contributed by atoms with E-state index < -0.39 is 0 Å². The van der Waals surface area contributed by atoms with Gasteiger partial charge in [0.15, 0.2) is 5.82 Å². The predicted molar refractivity (Wildman–Crippen MR) is 123 cm³/mol. The summed E-state index contributed by atoms with van der Waals surface area (Å²) in [4.78, 5) is 31.4. The number of hydrogen-bond acceptors (Lipinski definition) is 9. The van der Waals surface area contributed by atoms with Crippen LogP contribution in [0.4, 0.5) is 17.5 Å². The fraction of sp³-hybridized carbons (Fsp3) is 0.348. The van der Waals surface area contributed by atoms with Crippen LogP contribution in [0.3, 0.4) is 0 Å². The summed E-state index contributed by atoms with van der Waals surface area (Å²) in [6.07, 6.45) is 11.5. The van der Waals surface area contributed by atoms with Crippen molar-refractivity contribution in [3.05, 3.63) is 42.4 Å². The van der Waals surface area contributed by atoms with E-state index in [2.05, 4.69) is 41.4 Å². The van der Waals surface area contributed by atoms with E-state index in [0.29, 0.717) is 29.3 Å². The molecule has 2 N–H and O–H groups in total. The van der Waals surface area contributed by atoms with Crippen LogP contribution in [-0.4, -0.2) is 63.6 Å². The number of nitrogens with zero attached hydrogens (tertiary/aromatic N) is 5. The lowest BCUT2D eigenvalue weighted by atomic mass is 10.1. The first-order valence-corrected chi connectivity index (χ1v) is 10.5. The Hall–Kier alpha value is -3.77. The largest absolute Gasteiger partial charge is 0.468 e. The van der Waals surface area contributed by atoms with Crippen LogP contribution in [0.15, 0.2) is 36.8 Å². The van der Waals surface area contributed by atoms with Crippen LogP contribution in [0.5, 0.6) is 0 Å². The Morgan fingerprint density at radius 1 is 1.28 bits per heavy atom. The van der Waals surface area contributed by atoms with Crippen molar-refractivity contribution < 1.29 is 9.53 Å². The fourth-order valence-electron chi connectivity index (χ4n) is 3.73. The molecule has 1 saturated heterocycles. The number of aromatic nitrogens is 4. The second-order valence-corrected chi connectivity index (χ2v) is 7.62. The van der Waals surface area contributed by atoms with E-state index in [0.717, 1.165) is 43.6 Å². The molecular formula is C23H25N7O2. The molecular weight excluding hydrogens is 406 g/mol. The minimum absolute atomic E-state index is 0.206. The van der Waals surface area contributed by atoms with Gasteiger partial charge in [0, 0.05) is 23.8 Å². The molecule has 3 aromatic rings. The van der Waals surface area contributed by atoms with E-state index in [9.17, 15) is 4.79 Å². The summed E-state index contributed by atoms with van der Waals surface area (Å²) in [7, 11) is 1.42. The number of rotatable bonds is 6. The Balaban J connectivity index is 1.49. The first kappa shape index (κ1) is 21.5. The number of likely N-dealkylation sites (tertiary alicyclic amines) is 1. The zero-order valence-electron chi connectivity index (χ0n) is 17.9. The first-order chi connectivity index (χ1) is 15.6. The highest BCUT2D eigenvalue weighted by Crippen LogP contribution is 2.23. The van der Waals surface area contributed by atoms with Crippen molar-refractivity contribution in [3.8, 4) is 12.3 Å². The molecule has 1 aliphatic heterocycles. The number of methoxy groups -OCH3 is 1. The zero-order valence-corrected chi connectivity index (χ0v) is 17.9. The highest BCUT2D eigenvalue weighted by atomic mass is 16.5. The van der Waals surface area contributed by atoms with E-state index in [1.807, 2.05) is 24.3 Å². The summed E-state index contributed by atoms with van der Waals surface area (Å²) in [5, 5.41) is 6.71. The molecule has 1 unspecified atom stereocenters. The molecule has 1 aromatic carbocycles. The van der Waals surface area contributed by atoms with Gasteiger partial charge < -0.3 is 15.4 Å². The maximum absolute atomic E-state index is 11.6. The third-order valence-corrected chi connectivity index (χ3v) is 5.40. The number of esters is 1. The van der Waals surface area contributed by atoms with Crippen LogP contribution in [-0.2, 0) is 9.53 Å². The van der Waals surface area contributed by atoms with E-state index in [1.165, 1.54) is 13.4 Å². The molecule has 1 fully saturated rings. The van der Waals surface area contributed by atoms with Gasteiger partial charge in [-0.05, 0) is 44.0 Å². The summed E-state index contributed by atoms with van der Waals surface area (Å²) in [6, 6.07) is 7.76. The standard InChI is InChI=1S/C23H25N7O2/c1-3-16-6-4-7-18(12-16)27-22-21-19(25-15-26-22)13-24-23(29-21)28-17-8-5-10-30(11-9-17)14-20(31)32-2/h1,4,6-7,12-13,15,17H,5,8-11,14H2,2H3,(H,24,28,29)(H,25,26,27).